The van der Waals surface area contributed by atoms with Crippen LogP contribution in [0.1, 0.15) is 140 Å². The highest BCUT2D eigenvalue weighted by Crippen LogP contribution is 2.48. The molecule has 0 bridgehead atoms. The van der Waals surface area contributed by atoms with Crippen LogP contribution in [0.25, 0.3) is 17.0 Å². The number of likely N-dealkylation sites (tertiary alicyclic amines) is 2. The van der Waals surface area contributed by atoms with Gasteiger partial charge in [-0.15, -0.1) is 0 Å². The highest BCUT2D eigenvalue weighted by Gasteiger charge is 2.40. The maximum atomic E-state index is 13.8. The zero-order valence-electron chi connectivity index (χ0n) is 41.8. The zero-order chi connectivity index (χ0) is 49.1. The van der Waals surface area contributed by atoms with Crippen molar-refractivity contribution in [1.29, 1.82) is 0 Å². The molecular weight excluding hydrogens is 869 g/mol. The van der Waals surface area contributed by atoms with Gasteiger partial charge in [0.25, 0.3) is 0 Å². The van der Waals surface area contributed by atoms with Crippen LogP contribution in [0.4, 0.5) is 15.3 Å². The predicted octanol–water partition coefficient (Wildman–Crippen LogP) is 10.1. The average molecular weight is 939 g/mol. The summed E-state index contributed by atoms with van der Waals surface area (Å²) in [5.41, 5.74) is 9.86. The smallest absolute Gasteiger partial charge is 0.407 e. The first-order chi connectivity index (χ1) is 33.1. The first kappa shape index (κ1) is 49.0. The molecule has 3 fully saturated rings. The Morgan fingerprint density at radius 2 is 1.17 bits per heavy atom. The number of nitrogens with one attached hydrogen (secondary N) is 3. The van der Waals surface area contributed by atoms with E-state index in [1.807, 2.05) is 43.7 Å². The molecule has 3 saturated heterocycles. The number of imidazole rings is 1. The summed E-state index contributed by atoms with van der Waals surface area (Å²) >= 11 is 0. The van der Waals surface area contributed by atoms with Crippen molar-refractivity contribution in [2.45, 2.75) is 135 Å². The second kappa shape index (κ2) is 20.7. The number of aromatic nitrogens is 2. The van der Waals surface area contributed by atoms with Crippen LogP contribution in [0.15, 0.2) is 90.1 Å². The van der Waals surface area contributed by atoms with Gasteiger partial charge < -0.3 is 39.8 Å². The van der Waals surface area contributed by atoms with Crippen molar-refractivity contribution < 1.29 is 28.7 Å². The van der Waals surface area contributed by atoms with E-state index < -0.39 is 24.3 Å². The standard InChI is InChI=1S/C55H70N8O6/c1-33(2)48(59-53(66)68-8)51(64)61-30-10-12-46(61)42-27-26-41(57-42)35-14-18-37(19-15-35)44-28-29-45(63(44)40-24-22-39(23-25-40)55(5,6)7)38-20-16-36(17-21-38)43-32-56-50(58-43)47-13-11-31-62(47)52(65)49(34(3)4)60-54(67)69-9/h14-26,32-34,44-49H,10-13,27-31H2,1-9H3,(H,56,58)(H,59,66)(H,60,67)/t44-,45-,46-,47-,48-,49-/m0/s1. The largest absolute Gasteiger partial charge is 0.453 e. The molecular formula is C55H70N8O6. The normalized spacial score (nSPS) is 21.3. The van der Waals surface area contributed by atoms with Crippen LogP contribution in [0.3, 0.4) is 0 Å². The molecule has 5 heterocycles. The van der Waals surface area contributed by atoms with Gasteiger partial charge in [0.2, 0.25) is 11.8 Å². The number of aromatic amines is 1. The van der Waals surface area contributed by atoms with E-state index in [1.165, 1.54) is 36.6 Å². The Kier molecular flexibility index (Phi) is 14.7. The number of amides is 4. The number of methoxy groups -OCH3 is 2. The second-order valence-corrected chi connectivity index (χ2v) is 20.7. The molecule has 0 spiro atoms. The second-order valence-electron chi connectivity index (χ2n) is 20.7. The number of carbonyl (C=O) groups is 4. The quantitative estimate of drug-likeness (QED) is 0.119. The Morgan fingerprint density at radius 3 is 1.68 bits per heavy atom. The maximum Gasteiger partial charge on any atom is 0.407 e. The number of benzene rings is 3. The van der Waals surface area contributed by atoms with Crippen molar-refractivity contribution in [3.8, 4) is 11.3 Å². The summed E-state index contributed by atoms with van der Waals surface area (Å²) in [5.74, 6) is 0.316. The van der Waals surface area contributed by atoms with Gasteiger partial charge in [-0.25, -0.2) is 14.6 Å². The van der Waals surface area contributed by atoms with Crippen LogP contribution in [-0.2, 0) is 24.5 Å². The van der Waals surface area contributed by atoms with Crippen molar-refractivity contribution in [2.75, 3.05) is 32.2 Å². The summed E-state index contributed by atoms with van der Waals surface area (Å²) in [7, 11) is 2.61. The molecule has 6 atom stereocenters. The summed E-state index contributed by atoms with van der Waals surface area (Å²) < 4.78 is 9.64. The molecule has 0 saturated carbocycles. The van der Waals surface area contributed by atoms with Gasteiger partial charge in [-0.05, 0) is 95.7 Å². The lowest BCUT2D eigenvalue weighted by molar-refractivity contribution is -0.135. The minimum absolute atomic E-state index is 0.0331. The van der Waals surface area contributed by atoms with E-state index >= 15 is 0 Å². The molecule has 1 aromatic heterocycles. The van der Waals surface area contributed by atoms with Crippen molar-refractivity contribution in [3.63, 3.8) is 0 Å². The van der Waals surface area contributed by atoms with E-state index in [2.05, 4.69) is 120 Å². The van der Waals surface area contributed by atoms with E-state index in [-0.39, 0.29) is 53.2 Å². The molecule has 0 radical (unpaired) electrons. The predicted molar refractivity (Wildman–Crippen MR) is 270 cm³/mol. The monoisotopic (exact) mass is 939 g/mol. The van der Waals surface area contributed by atoms with E-state index in [0.29, 0.717) is 19.5 Å². The van der Waals surface area contributed by atoms with Gasteiger partial charge in [0.1, 0.15) is 17.9 Å². The molecule has 3 aromatic carbocycles. The SMILES string of the molecule is COC(=O)N[C@H](C(=O)N1CCC[C@H]1C1=NC(c2ccc([C@@H]3CC[C@@H](c4ccc(-c5cnc([C@@H]6CCCN6C(=O)[C@@H](NC(=O)OC)C(C)C)[nH]5)cc4)N3c3ccc(C(C)(C)C)cc3)cc2)=CC1)C(C)C. The number of aliphatic imine (C=N–C) groups is 1. The molecule has 4 aliphatic heterocycles. The van der Waals surface area contributed by atoms with Crippen molar-refractivity contribution in [1.82, 2.24) is 30.4 Å². The Bertz CT molecular complexity index is 2540. The third-order valence-corrected chi connectivity index (χ3v) is 14.5. The number of allylic oxidation sites excluding steroid dienone is 1. The minimum Gasteiger partial charge on any atom is -0.453 e. The highest BCUT2D eigenvalue weighted by atomic mass is 16.5. The molecule has 4 amide bonds. The van der Waals surface area contributed by atoms with Gasteiger partial charge >= 0.3 is 12.2 Å². The number of anilines is 1. The number of H-pyrrole nitrogens is 1. The lowest BCUT2D eigenvalue weighted by atomic mass is 9.87. The fourth-order valence-electron chi connectivity index (χ4n) is 10.7. The fourth-order valence-corrected chi connectivity index (χ4v) is 10.7. The number of ether oxygens (including phenoxy) is 2. The average Bonchev–Trinajstić information content (AvgIpc) is 4.21. The van der Waals surface area contributed by atoms with Crippen molar-refractivity contribution in [3.05, 3.63) is 113 Å². The first-order valence-corrected chi connectivity index (χ1v) is 24.8. The molecule has 14 heteroatoms. The molecule has 366 valence electrons. The van der Waals surface area contributed by atoms with Gasteiger partial charge in [0.05, 0.1) is 56.0 Å². The Hall–Kier alpha value is -6.44. The number of rotatable bonds is 13. The Morgan fingerprint density at radius 1 is 0.667 bits per heavy atom. The summed E-state index contributed by atoms with van der Waals surface area (Å²) in [6.07, 6.45) is 8.81. The summed E-state index contributed by atoms with van der Waals surface area (Å²) in [5, 5.41) is 5.48. The van der Waals surface area contributed by atoms with Crippen LogP contribution in [-0.4, -0.2) is 94.9 Å². The molecule has 3 N–H and O–H groups in total. The molecule has 14 nitrogen and oxygen atoms in total. The van der Waals surface area contributed by atoms with Crippen LogP contribution >= 0.6 is 0 Å². The van der Waals surface area contributed by atoms with Crippen LogP contribution in [0.5, 0.6) is 0 Å². The minimum atomic E-state index is -0.693. The van der Waals surface area contributed by atoms with E-state index in [4.69, 9.17) is 19.5 Å². The molecule has 8 rings (SSSR count). The summed E-state index contributed by atoms with van der Waals surface area (Å²) in [6, 6.07) is 25.4. The highest BCUT2D eigenvalue weighted by molar-refractivity contribution is 6.02. The van der Waals surface area contributed by atoms with Gasteiger partial charge in [0, 0.05) is 30.9 Å². The molecule has 0 aliphatic carbocycles. The van der Waals surface area contributed by atoms with Gasteiger partial charge in [-0.2, -0.15) is 0 Å². The molecule has 69 heavy (non-hydrogen) atoms. The van der Waals surface area contributed by atoms with Crippen LogP contribution in [0, 0.1) is 11.8 Å². The fraction of sp³-hybridized carbons (Fsp3) is 0.491. The van der Waals surface area contributed by atoms with E-state index in [9.17, 15) is 19.2 Å². The Balaban J connectivity index is 0.995. The number of hydrogen-bond donors (Lipinski definition) is 3. The topological polar surface area (TPSA) is 162 Å². The maximum absolute atomic E-state index is 13.8. The zero-order valence-corrected chi connectivity index (χ0v) is 41.8. The van der Waals surface area contributed by atoms with E-state index in [1.54, 1.807) is 0 Å². The molecule has 4 aliphatic rings. The summed E-state index contributed by atoms with van der Waals surface area (Å²) in [6.45, 7) is 15.7. The van der Waals surface area contributed by atoms with Gasteiger partial charge in [-0.1, -0.05) is 115 Å². The van der Waals surface area contributed by atoms with Crippen LogP contribution in [0.2, 0.25) is 0 Å². The van der Waals surface area contributed by atoms with Gasteiger partial charge in [-0.3, -0.25) is 14.6 Å². The number of alkyl carbamates (subject to hydrolysis) is 2. The summed E-state index contributed by atoms with van der Waals surface area (Å²) in [4.78, 5) is 71.5. The molecule has 0 unspecified atom stereocenters. The van der Waals surface area contributed by atoms with Gasteiger partial charge in [0.15, 0.2) is 0 Å². The number of carbonyl (C=O) groups excluding carboxylic acids is 4. The third-order valence-electron chi connectivity index (χ3n) is 14.5. The lowest BCUT2D eigenvalue weighted by Gasteiger charge is -2.34. The number of hydrogen-bond acceptors (Lipinski definition) is 9. The lowest BCUT2D eigenvalue weighted by Crippen LogP contribution is -2.53. The van der Waals surface area contributed by atoms with Crippen molar-refractivity contribution in [2.24, 2.45) is 16.8 Å². The number of nitrogens with zero attached hydrogens (tertiary/aromatic N) is 5. The molecule has 4 aromatic rings. The third kappa shape index (κ3) is 10.4. The Labute approximate surface area is 407 Å². The van der Waals surface area contributed by atoms with Crippen molar-refractivity contribution >= 4 is 41.1 Å². The van der Waals surface area contributed by atoms with E-state index in [0.717, 1.165) is 72.6 Å². The first-order valence-electron chi connectivity index (χ1n) is 24.8. The van der Waals surface area contributed by atoms with Crippen LogP contribution < -0.4 is 15.5 Å².